The van der Waals surface area contributed by atoms with E-state index in [0.717, 1.165) is 19.3 Å². The van der Waals surface area contributed by atoms with E-state index in [0.29, 0.717) is 41.0 Å². The second kappa shape index (κ2) is 9.03. The fraction of sp³-hybridized carbons (Fsp3) is 0.458. The van der Waals surface area contributed by atoms with Crippen molar-refractivity contribution < 1.29 is 18.4 Å². The molecule has 1 aromatic heterocycles. The van der Waals surface area contributed by atoms with Crippen LogP contribution < -0.4 is 10.6 Å². The van der Waals surface area contributed by atoms with Gasteiger partial charge in [0.2, 0.25) is 0 Å². The molecule has 2 bridgehead atoms. The van der Waals surface area contributed by atoms with E-state index in [1.165, 1.54) is 12.3 Å². The Morgan fingerprint density at radius 2 is 2.19 bits per heavy atom. The van der Waals surface area contributed by atoms with Crippen LogP contribution in [0.2, 0.25) is 0 Å². The Kier molecular flexibility index (Phi) is 6.19. The second-order valence-electron chi connectivity index (χ2n) is 8.48. The highest BCUT2D eigenvalue weighted by Crippen LogP contribution is 2.36. The first-order chi connectivity index (χ1) is 15.0. The molecule has 2 fully saturated rings. The first kappa shape index (κ1) is 21.3. The number of nitrogens with zero attached hydrogens (tertiary/aromatic N) is 1. The molecule has 4 rings (SSSR count). The molecule has 0 radical (unpaired) electrons. The van der Waals surface area contributed by atoms with Gasteiger partial charge >= 0.3 is 0 Å². The SMILES string of the molecule is CCNC(=O)c1coc(-c2ccc(C[C@@H](C#N)CC(=O)[C@H]3N[C@@H]4CC[C@H]3C4)c(F)c2)c1. The van der Waals surface area contributed by atoms with Crippen LogP contribution in [-0.4, -0.2) is 30.3 Å². The number of hydrogen-bond donors (Lipinski definition) is 2. The van der Waals surface area contributed by atoms with Crippen LogP contribution in [0.15, 0.2) is 34.9 Å². The van der Waals surface area contributed by atoms with Gasteiger partial charge in [0.05, 0.1) is 23.6 Å². The molecule has 2 aromatic rings. The zero-order valence-electron chi connectivity index (χ0n) is 17.5. The maximum absolute atomic E-state index is 14.8. The number of carbonyl (C=O) groups is 2. The summed E-state index contributed by atoms with van der Waals surface area (Å²) in [5, 5.41) is 15.6. The van der Waals surface area contributed by atoms with Gasteiger partial charge in [0, 0.05) is 24.6 Å². The molecule has 1 saturated heterocycles. The Balaban J connectivity index is 1.41. The summed E-state index contributed by atoms with van der Waals surface area (Å²) in [6, 6.07) is 8.67. The number of nitrogens with one attached hydrogen (secondary N) is 2. The van der Waals surface area contributed by atoms with Crippen molar-refractivity contribution in [3.63, 3.8) is 0 Å². The molecule has 0 spiro atoms. The minimum Gasteiger partial charge on any atom is -0.464 e. The largest absolute Gasteiger partial charge is 0.464 e. The molecule has 1 saturated carbocycles. The minimum atomic E-state index is -0.568. The maximum atomic E-state index is 14.8. The van der Waals surface area contributed by atoms with Crippen molar-refractivity contribution in [1.29, 1.82) is 5.26 Å². The fourth-order valence-electron chi connectivity index (χ4n) is 4.75. The van der Waals surface area contributed by atoms with E-state index in [1.54, 1.807) is 18.2 Å². The number of hydrogen-bond acceptors (Lipinski definition) is 5. The summed E-state index contributed by atoms with van der Waals surface area (Å²) in [4.78, 5) is 24.6. The van der Waals surface area contributed by atoms with Crippen molar-refractivity contribution in [2.45, 2.75) is 51.1 Å². The van der Waals surface area contributed by atoms with Gasteiger partial charge in [-0.15, -0.1) is 0 Å². The van der Waals surface area contributed by atoms with Gasteiger partial charge in [0.25, 0.3) is 5.91 Å². The number of rotatable bonds is 8. The number of Topliss-reactive ketones (excluding diaryl/α,β-unsaturated/α-hetero) is 1. The number of piperidine rings is 1. The Morgan fingerprint density at radius 3 is 2.84 bits per heavy atom. The molecule has 162 valence electrons. The minimum absolute atomic E-state index is 0.0595. The lowest BCUT2D eigenvalue weighted by Crippen LogP contribution is -2.42. The van der Waals surface area contributed by atoms with Crippen LogP contribution in [0.25, 0.3) is 11.3 Å². The van der Waals surface area contributed by atoms with Gasteiger partial charge in [0.15, 0.2) is 5.78 Å². The lowest BCUT2D eigenvalue weighted by atomic mass is 9.88. The number of ketones is 1. The maximum Gasteiger partial charge on any atom is 0.254 e. The number of halogens is 1. The van der Waals surface area contributed by atoms with Gasteiger partial charge in [0.1, 0.15) is 17.8 Å². The van der Waals surface area contributed by atoms with Gasteiger partial charge in [-0.25, -0.2) is 4.39 Å². The summed E-state index contributed by atoms with van der Waals surface area (Å²) < 4.78 is 20.2. The predicted octanol–water partition coefficient (Wildman–Crippen LogP) is 3.62. The van der Waals surface area contributed by atoms with E-state index in [-0.39, 0.29) is 30.6 Å². The van der Waals surface area contributed by atoms with Crippen molar-refractivity contribution in [3.05, 3.63) is 47.5 Å². The molecule has 7 heteroatoms. The Labute approximate surface area is 180 Å². The van der Waals surface area contributed by atoms with Gasteiger partial charge in [-0.1, -0.05) is 12.1 Å². The molecule has 2 aliphatic rings. The molecule has 6 nitrogen and oxygen atoms in total. The van der Waals surface area contributed by atoms with Crippen LogP contribution in [-0.2, 0) is 11.2 Å². The number of furan rings is 1. The van der Waals surface area contributed by atoms with Crippen LogP contribution in [0.4, 0.5) is 4.39 Å². The standard InChI is InChI=1S/C24H26FN3O3/c1-2-27-24(30)18-11-22(31-13-18)16-4-3-15(20(25)10-16)7-14(12-26)8-21(29)23-17-5-6-19(9-17)28-23/h3-4,10-11,13-14,17,19,23,28H,2,5-9H2,1H3,(H,27,30)/t14-,17+,19-,23+/m1/s1. The van der Waals surface area contributed by atoms with E-state index in [1.807, 2.05) is 6.92 Å². The monoisotopic (exact) mass is 423 g/mol. The van der Waals surface area contributed by atoms with Crippen LogP contribution in [0.1, 0.15) is 48.5 Å². The van der Waals surface area contributed by atoms with E-state index in [9.17, 15) is 19.2 Å². The van der Waals surface area contributed by atoms with Crippen molar-refractivity contribution in [2.75, 3.05) is 6.54 Å². The van der Waals surface area contributed by atoms with Crippen LogP contribution >= 0.6 is 0 Å². The highest BCUT2D eigenvalue weighted by molar-refractivity contribution is 5.94. The predicted molar refractivity (Wildman–Crippen MR) is 113 cm³/mol. The third-order valence-electron chi connectivity index (χ3n) is 6.34. The summed E-state index contributed by atoms with van der Waals surface area (Å²) in [5.41, 5.74) is 1.27. The number of carbonyl (C=O) groups excluding carboxylic acids is 2. The van der Waals surface area contributed by atoms with Crippen molar-refractivity contribution >= 4 is 11.7 Å². The average molecular weight is 423 g/mol. The Hall–Kier alpha value is -2.98. The molecule has 1 aliphatic carbocycles. The average Bonchev–Trinajstić information content (AvgIpc) is 3.51. The molecule has 1 aromatic carbocycles. The molecular weight excluding hydrogens is 397 g/mol. The van der Waals surface area contributed by atoms with Crippen LogP contribution in [0.5, 0.6) is 0 Å². The van der Waals surface area contributed by atoms with Crippen LogP contribution in [0.3, 0.4) is 0 Å². The topological polar surface area (TPSA) is 95.1 Å². The van der Waals surface area contributed by atoms with Crippen molar-refractivity contribution in [1.82, 2.24) is 10.6 Å². The highest BCUT2D eigenvalue weighted by Gasteiger charge is 2.42. The Bertz CT molecular complexity index is 1030. The van der Waals surface area contributed by atoms with E-state index >= 15 is 0 Å². The van der Waals surface area contributed by atoms with Gasteiger partial charge in [-0.05, 0) is 56.2 Å². The molecule has 1 amide bonds. The summed E-state index contributed by atoms with van der Waals surface area (Å²) >= 11 is 0. The zero-order chi connectivity index (χ0) is 22.0. The fourth-order valence-corrected chi connectivity index (χ4v) is 4.75. The number of amides is 1. The Morgan fingerprint density at radius 1 is 1.35 bits per heavy atom. The normalized spacial score (nSPS) is 22.8. The third kappa shape index (κ3) is 4.54. The molecule has 2 N–H and O–H groups in total. The molecular formula is C24H26FN3O3. The molecule has 4 atom stereocenters. The number of fused-ring (bicyclic) bond motifs is 2. The van der Waals surface area contributed by atoms with E-state index in [2.05, 4.69) is 16.7 Å². The van der Waals surface area contributed by atoms with Crippen LogP contribution in [0, 0.1) is 29.0 Å². The molecule has 1 aliphatic heterocycles. The van der Waals surface area contributed by atoms with Gasteiger partial charge < -0.3 is 15.1 Å². The summed E-state index contributed by atoms with van der Waals surface area (Å²) in [5.74, 6) is -0.446. The first-order valence-electron chi connectivity index (χ1n) is 10.8. The van der Waals surface area contributed by atoms with Gasteiger partial charge in [-0.3, -0.25) is 9.59 Å². The zero-order valence-corrected chi connectivity index (χ0v) is 17.5. The molecule has 0 unspecified atom stereocenters. The smallest absolute Gasteiger partial charge is 0.254 e. The van der Waals surface area contributed by atoms with Gasteiger partial charge in [-0.2, -0.15) is 5.26 Å². The molecule has 2 heterocycles. The molecule has 31 heavy (non-hydrogen) atoms. The second-order valence-corrected chi connectivity index (χ2v) is 8.48. The first-order valence-corrected chi connectivity index (χ1v) is 10.8. The lowest BCUT2D eigenvalue weighted by Gasteiger charge is -2.22. The van der Waals surface area contributed by atoms with E-state index < -0.39 is 11.7 Å². The third-order valence-corrected chi connectivity index (χ3v) is 6.34. The number of benzene rings is 1. The summed E-state index contributed by atoms with van der Waals surface area (Å²) in [6.07, 6.45) is 4.87. The summed E-state index contributed by atoms with van der Waals surface area (Å²) in [7, 11) is 0. The summed E-state index contributed by atoms with van der Waals surface area (Å²) in [6.45, 7) is 2.33. The quantitative estimate of drug-likeness (QED) is 0.676. The van der Waals surface area contributed by atoms with Crippen molar-refractivity contribution in [2.24, 2.45) is 11.8 Å². The van der Waals surface area contributed by atoms with Crippen molar-refractivity contribution in [3.8, 4) is 17.4 Å². The van der Waals surface area contributed by atoms with E-state index in [4.69, 9.17) is 4.42 Å². The lowest BCUT2D eigenvalue weighted by molar-refractivity contribution is -0.122. The number of nitriles is 1. The highest BCUT2D eigenvalue weighted by atomic mass is 19.1.